The molecule has 3 aromatic carbocycles. The quantitative estimate of drug-likeness (QED) is 0.216. The number of benzene rings is 3. The number of thioether (sulfide) groups is 1. The Morgan fingerprint density at radius 2 is 1.58 bits per heavy atom. The predicted octanol–water partition coefficient (Wildman–Crippen LogP) is 7.32. The highest BCUT2D eigenvalue weighted by Gasteiger charge is 2.43. The average Bonchev–Trinajstić information content (AvgIpc) is 2.91. The highest BCUT2D eigenvalue weighted by molar-refractivity contribution is 7.98. The van der Waals surface area contributed by atoms with Crippen molar-refractivity contribution in [3.05, 3.63) is 117 Å². The van der Waals surface area contributed by atoms with Crippen LogP contribution in [0.4, 0.5) is 0 Å². The molecule has 2 aliphatic rings. The third-order valence-electron chi connectivity index (χ3n) is 7.95. The molecule has 0 saturated heterocycles. The maximum absolute atomic E-state index is 14.5. The molecular weight excluding hydrogens is 460 g/mol. The molecule has 1 heterocycles. The Hall–Kier alpha value is -3.11. The van der Waals surface area contributed by atoms with E-state index in [0.717, 1.165) is 52.6 Å². The molecule has 0 unspecified atom stereocenters. The van der Waals surface area contributed by atoms with Crippen LogP contribution in [-0.2, 0) is 24.1 Å². The molecule has 1 saturated carbocycles. The van der Waals surface area contributed by atoms with Crippen molar-refractivity contribution in [1.82, 2.24) is 9.55 Å². The number of hydrogen-bond donors (Lipinski definition) is 0. The second-order valence-corrected chi connectivity index (χ2v) is 11.4. The maximum Gasteiger partial charge on any atom is 0.258 e. The second-order valence-electron chi connectivity index (χ2n) is 10.4. The molecule has 2 aliphatic carbocycles. The van der Waals surface area contributed by atoms with E-state index in [-0.39, 0.29) is 11.0 Å². The monoisotopic (exact) mass is 492 g/mol. The van der Waals surface area contributed by atoms with E-state index in [1.54, 1.807) is 11.8 Å². The van der Waals surface area contributed by atoms with Gasteiger partial charge >= 0.3 is 0 Å². The lowest BCUT2D eigenvalue weighted by molar-refractivity contribution is 0.282. The van der Waals surface area contributed by atoms with Crippen LogP contribution in [0.1, 0.15) is 59.9 Å². The first-order valence-corrected chi connectivity index (χ1v) is 14.1. The van der Waals surface area contributed by atoms with Gasteiger partial charge in [0.2, 0.25) is 0 Å². The molecular formula is C32H32N2OS. The molecule has 6 rings (SSSR count). The topological polar surface area (TPSA) is 34.9 Å². The van der Waals surface area contributed by atoms with Crippen molar-refractivity contribution in [3.63, 3.8) is 0 Å². The van der Waals surface area contributed by atoms with E-state index in [1.165, 1.54) is 36.0 Å². The number of aryl methyl sites for hydroxylation is 1. The lowest BCUT2D eigenvalue weighted by atomic mass is 9.62. The minimum atomic E-state index is -0.0926. The van der Waals surface area contributed by atoms with Gasteiger partial charge in [0, 0.05) is 16.7 Å². The van der Waals surface area contributed by atoms with Crippen molar-refractivity contribution in [1.29, 1.82) is 0 Å². The van der Waals surface area contributed by atoms with E-state index in [0.29, 0.717) is 6.54 Å². The van der Waals surface area contributed by atoms with Gasteiger partial charge in [0.25, 0.3) is 5.56 Å². The van der Waals surface area contributed by atoms with Crippen LogP contribution < -0.4 is 5.56 Å². The minimum Gasteiger partial charge on any atom is -0.283 e. The fourth-order valence-electron chi connectivity index (χ4n) is 6.07. The van der Waals surface area contributed by atoms with Crippen LogP contribution in [0.15, 0.2) is 88.8 Å². The molecule has 0 radical (unpaired) electrons. The van der Waals surface area contributed by atoms with E-state index >= 15 is 0 Å². The van der Waals surface area contributed by atoms with Gasteiger partial charge in [-0.25, -0.2) is 4.98 Å². The molecule has 182 valence electrons. The van der Waals surface area contributed by atoms with E-state index in [4.69, 9.17) is 4.98 Å². The fourth-order valence-corrected chi connectivity index (χ4v) is 7.02. The van der Waals surface area contributed by atoms with Gasteiger partial charge < -0.3 is 0 Å². The first-order valence-electron chi connectivity index (χ1n) is 13.1. The third-order valence-corrected chi connectivity index (χ3v) is 9.00. The zero-order chi connectivity index (χ0) is 24.5. The Balaban J connectivity index is 1.52. The van der Waals surface area contributed by atoms with E-state index in [2.05, 4.69) is 67.6 Å². The maximum atomic E-state index is 14.5. The molecule has 3 nitrogen and oxygen atoms in total. The van der Waals surface area contributed by atoms with Crippen molar-refractivity contribution in [2.45, 2.75) is 68.3 Å². The summed E-state index contributed by atoms with van der Waals surface area (Å²) in [7, 11) is 0. The van der Waals surface area contributed by atoms with Crippen LogP contribution in [0.25, 0.3) is 11.3 Å². The Kier molecular flexibility index (Phi) is 6.30. The van der Waals surface area contributed by atoms with Crippen molar-refractivity contribution in [2.24, 2.45) is 0 Å². The molecule has 36 heavy (non-hydrogen) atoms. The van der Waals surface area contributed by atoms with Crippen LogP contribution >= 0.6 is 11.8 Å². The number of fused-ring (bicyclic) bond motifs is 4. The largest absolute Gasteiger partial charge is 0.283 e. The number of aromatic nitrogens is 2. The fraction of sp³-hybridized carbons (Fsp3) is 0.312. The van der Waals surface area contributed by atoms with Crippen molar-refractivity contribution >= 4 is 11.8 Å². The average molecular weight is 493 g/mol. The Morgan fingerprint density at radius 1 is 0.861 bits per heavy atom. The SMILES string of the molecule is Cc1ccc(CSc2nc3c(c(=O)n2Cc2ccccc2)C2(CCCCC2)Cc2ccccc2-3)cc1. The molecule has 0 atom stereocenters. The van der Waals surface area contributed by atoms with Gasteiger partial charge in [-0.3, -0.25) is 9.36 Å². The summed E-state index contributed by atoms with van der Waals surface area (Å²) in [5, 5.41) is 0.811. The number of nitrogens with zero attached hydrogens (tertiary/aromatic N) is 2. The van der Waals surface area contributed by atoms with Crippen LogP contribution in [-0.4, -0.2) is 9.55 Å². The number of hydrogen-bond acceptors (Lipinski definition) is 3. The molecule has 0 amide bonds. The second kappa shape index (κ2) is 9.74. The van der Waals surface area contributed by atoms with Crippen LogP contribution in [0, 0.1) is 6.92 Å². The summed E-state index contributed by atoms with van der Waals surface area (Å²) in [4.78, 5) is 19.8. The molecule has 1 aromatic heterocycles. The molecule has 1 fully saturated rings. The molecule has 1 spiro atoms. The van der Waals surface area contributed by atoms with Gasteiger partial charge in [0.15, 0.2) is 5.16 Å². The summed E-state index contributed by atoms with van der Waals surface area (Å²) in [6.45, 7) is 2.66. The Labute approximate surface area is 217 Å². The lowest BCUT2D eigenvalue weighted by Crippen LogP contribution is -2.43. The minimum absolute atomic E-state index is 0.0926. The normalized spacial score (nSPS) is 15.9. The first-order chi connectivity index (χ1) is 17.6. The summed E-state index contributed by atoms with van der Waals surface area (Å²) >= 11 is 1.67. The highest BCUT2D eigenvalue weighted by atomic mass is 32.2. The molecule has 4 aromatic rings. The van der Waals surface area contributed by atoms with E-state index < -0.39 is 0 Å². The van der Waals surface area contributed by atoms with Gasteiger partial charge in [-0.2, -0.15) is 0 Å². The van der Waals surface area contributed by atoms with Crippen molar-refractivity contribution in [2.75, 3.05) is 0 Å². The Morgan fingerprint density at radius 3 is 2.36 bits per heavy atom. The van der Waals surface area contributed by atoms with Gasteiger partial charge in [-0.05, 0) is 42.9 Å². The van der Waals surface area contributed by atoms with Crippen LogP contribution in [0.5, 0.6) is 0 Å². The first kappa shape index (κ1) is 23.3. The van der Waals surface area contributed by atoms with Gasteiger partial charge in [-0.15, -0.1) is 0 Å². The smallest absolute Gasteiger partial charge is 0.258 e. The van der Waals surface area contributed by atoms with Gasteiger partial charge in [-0.1, -0.05) is 115 Å². The molecule has 4 heteroatoms. The molecule has 0 N–H and O–H groups in total. The summed E-state index contributed by atoms with van der Waals surface area (Å²) in [5.41, 5.74) is 8.08. The van der Waals surface area contributed by atoms with Crippen molar-refractivity contribution < 1.29 is 0 Å². The Bertz CT molecular complexity index is 1430. The third kappa shape index (κ3) is 4.32. The van der Waals surface area contributed by atoms with Gasteiger partial charge in [0.1, 0.15) is 0 Å². The molecule has 0 aliphatic heterocycles. The number of rotatable bonds is 5. The summed E-state index contributed by atoms with van der Waals surface area (Å²) < 4.78 is 1.96. The summed E-state index contributed by atoms with van der Waals surface area (Å²) in [5.74, 6) is 0.785. The zero-order valence-corrected chi connectivity index (χ0v) is 21.7. The van der Waals surface area contributed by atoms with Crippen LogP contribution in [0.2, 0.25) is 0 Å². The predicted molar refractivity (Wildman–Crippen MR) is 149 cm³/mol. The van der Waals surface area contributed by atoms with Crippen molar-refractivity contribution in [3.8, 4) is 11.3 Å². The summed E-state index contributed by atoms with van der Waals surface area (Å²) in [6.07, 6.45) is 6.73. The lowest BCUT2D eigenvalue weighted by Gasteiger charge is -2.42. The zero-order valence-electron chi connectivity index (χ0n) is 20.9. The van der Waals surface area contributed by atoms with E-state index in [9.17, 15) is 4.79 Å². The van der Waals surface area contributed by atoms with Crippen LogP contribution in [0.3, 0.4) is 0 Å². The summed E-state index contributed by atoms with van der Waals surface area (Å²) in [6, 6.07) is 27.6. The highest BCUT2D eigenvalue weighted by Crippen LogP contribution is 2.48. The van der Waals surface area contributed by atoms with Gasteiger partial charge in [0.05, 0.1) is 17.8 Å². The molecule has 0 bridgehead atoms. The van der Waals surface area contributed by atoms with E-state index in [1.807, 2.05) is 22.8 Å². The standard InChI is InChI=1S/C32H32N2OS/c1-23-14-16-25(17-15-23)22-36-31-33-29-27-13-7-6-12-26(27)20-32(18-8-3-9-19-32)28(29)30(35)34(31)21-24-10-4-2-5-11-24/h2,4-7,10-17H,3,8-9,18-22H2,1H3.